The lowest BCUT2D eigenvalue weighted by atomic mass is 10.1. The Labute approximate surface area is 191 Å². The maximum Gasteiger partial charge on any atom is 0.341 e. The molecule has 0 aliphatic heterocycles. The highest BCUT2D eigenvalue weighted by molar-refractivity contribution is 7.14. The molecule has 0 radical (unpaired) electrons. The number of thiazole rings is 1. The van der Waals surface area contributed by atoms with Gasteiger partial charge < -0.3 is 25.6 Å². The number of rotatable bonds is 9. The first-order valence-corrected chi connectivity index (χ1v) is 10.3. The molecule has 0 atom stereocenters. The van der Waals surface area contributed by atoms with Crippen LogP contribution in [0, 0.1) is 0 Å². The number of carbonyl (C=O) groups is 4. The third-order valence-electron chi connectivity index (χ3n) is 4.07. The summed E-state index contributed by atoms with van der Waals surface area (Å²) in [6.07, 6.45) is 0. The van der Waals surface area contributed by atoms with E-state index in [9.17, 15) is 24.3 Å². The van der Waals surface area contributed by atoms with E-state index in [4.69, 9.17) is 9.84 Å². The largest absolute Gasteiger partial charge is 0.481 e. The van der Waals surface area contributed by atoms with E-state index >= 15 is 0 Å². The zero-order chi connectivity index (χ0) is 23.8. The molecular weight excluding hydrogens is 452 g/mol. The van der Waals surface area contributed by atoms with E-state index in [0.717, 1.165) is 23.0 Å². The minimum atomic E-state index is -1.35. The number of hydrogen-bond donors (Lipinski definition) is 5. The van der Waals surface area contributed by atoms with Gasteiger partial charge in [0.05, 0.1) is 0 Å². The first kappa shape index (κ1) is 23.2. The van der Waals surface area contributed by atoms with Gasteiger partial charge in [-0.05, 0) is 23.8 Å². The maximum atomic E-state index is 12.5. The van der Waals surface area contributed by atoms with Crippen LogP contribution >= 0.6 is 11.3 Å². The molecule has 33 heavy (non-hydrogen) atoms. The SMILES string of the molecule is O=C(O)COc1ccc(NC(=O)c2csc(NC(=O)NCc3ccccc3)n2)cc1C(=O)O. The lowest BCUT2D eigenvalue weighted by Crippen LogP contribution is -2.28. The summed E-state index contributed by atoms with van der Waals surface area (Å²) in [5, 5.41) is 27.3. The number of carbonyl (C=O) groups excluding carboxylic acids is 2. The summed E-state index contributed by atoms with van der Waals surface area (Å²) in [4.78, 5) is 50.6. The van der Waals surface area contributed by atoms with Gasteiger partial charge in [-0.3, -0.25) is 10.1 Å². The number of ether oxygens (including phenoxy) is 1. The third kappa shape index (κ3) is 6.77. The Balaban J connectivity index is 1.59. The van der Waals surface area contributed by atoms with Gasteiger partial charge >= 0.3 is 18.0 Å². The van der Waals surface area contributed by atoms with Gasteiger partial charge in [0.25, 0.3) is 5.91 Å². The van der Waals surface area contributed by atoms with E-state index in [-0.39, 0.29) is 27.8 Å². The van der Waals surface area contributed by atoms with Crippen LogP contribution in [0.2, 0.25) is 0 Å². The van der Waals surface area contributed by atoms with Crippen LogP contribution in [0.15, 0.2) is 53.9 Å². The number of benzene rings is 2. The second kappa shape index (κ2) is 10.7. The van der Waals surface area contributed by atoms with Crippen molar-refractivity contribution in [2.24, 2.45) is 0 Å². The predicted octanol–water partition coefficient (Wildman–Crippen LogP) is 2.88. The topological polar surface area (TPSA) is 167 Å². The van der Waals surface area contributed by atoms with Gasteiger partial charge in [-0.15, -0.1) is 11.3 Å². The summed E-state index contributed by atoms with van der Waals surface area (Å²) in [6, 6.07) is 12.6. The molecule has 1 aromatic heterocycles. The summed E-state index contributed by atoms with van der Waals surface area (Å²) in [5.41, 5.74) is 0.765. The molecule has 3 amide bonds. The summed E-state index contributed by atoms with van der Waals surface area (Å²) < 4.78 is 4.94. The van der Waals surface area contributed by atoms with Gasteiger partial charge in [0, 0.05) is 17.6 Å². The quantitative estimate of drug-likeness (QED) is 0.318. The minimum Gasteiger partial charge on any atom is -0.481 e. The van der Waals surface area contributed by atoms with Crippen LogP contribution in [0.3, 0.4) is 0 Å². The molecule has 0 bridgehead atoms. The first-order chi connectivity index (χ1) is 15.8. The van der Waals surface area contributed by atoms with Gasteiger partial charge in [0.15, 0.2) is 11.7 Å². The van der Waals surface area contributed by atoms with Crippen LogP contribution in [0.1, 0.15) is 26.4 Å². The molecule has 12 heteroatoms. The Morgan fingerprint density at radius 2 is 1.76 bits per heavy atom. The number of aromatic carboxylic acids is 1. The fourth-order valence-corrected chi connectivity index (χ4v) is 3.28. The Hall–Kier alpha value is -4.45. The van der Waals surface area contributed by atoms with Gasteiger partial charge in [-0.1, -0.05) is 30.3 Å². The van der Waals surface area contributed by atoms with E-state index in [1.807, 2.05) is 30.3 Å². The van der Waals surface area contributed by atoms with Crippen LogP contribution < -0.4 is 20.7 Å². The standard InChI is InChI=1S/C21H18N4O7S/c26-17(27)10-32-16-7-6-13(8-14(16)19(29)30)23-18(28)15-11-33-21(24-15)25-20(31)22-9-12-4-2-1-3-5-12/h1-8,11H,9-10H2,(H,23,28)(H,26,27)(H,29,30)(H2,22,24,25,31). The lowest BCUT2D eigenvalue weighted by Gasteiger charge is -2.10. The molecule has 0 saturated carbocycles. The molecule has 0 spiro atoms. The number of aliphatic carboxylic acids is 1. The number of nitrogens with zero attached hydrogens (tertiary/aromatic N) is 1. The number of aromatic nitrogens is 1. The number of carboxylic acids is 2. The fraction of sp³-hybridized carbons (Fsp3) is 0.0952. The van der Waals surface area contributed by atoms with Crippen molar-refractivity contribution in [1.82, 2.24) is 10.3 Å². The van der Waals surface area contributed by atoms with Crippen molar-refractivity contribution in [1.29, 1.82) is 0 Å². The van der Waals surface area contributed by atoms with Crippen molar-refractivity contribution in [2.75, 3.05) is 17.2 Å². The molecule has 0 aliphatic rings. The van der Waals surface area contributed by atoms with E-state index in [0.29, 0.717) is 6.54 Å². The Bertz CT molecular complexity index is 1180. The summed E-state index contributed by atoms with van der Waals surface area (Å²) >= 11 is 1.04. The van der Waals surface area contributed by atoms with Crippen LogP contribution in [-0.4, -0.2) is 45.7 Å². The average Bonchev–Trinajstić information content (AvgIpc) is 3.26. The van der Waals surface area contributed by atoms with Crippen molar-refractivity contribution in [3.63, 3.8) is 0 Å². The summed E-state index contributed by atoms with van der Waals surface area (Å²) in [6.45, 7) is -0.386. The van der Waals surface area contributed by atoms with Crippen LogP contribution in [-0.2, 0) is 11.3 Å². The molecular formula is C21H18N4O7S. The molecule has 1 heterocycles. The highest BCUT2D eigenvalue weighted by atomic mass is 32.1. The molecule has 0 saturated heterocycles. The minimum absolute atomic E-state index is 0.0152. The molecule has 2 aromatic carbocycles. The highest BCUT2D eigenvalue weighted by Crippen LogP contribution is 2.24. The molecule has 0 aliphatic carbocycles. The van der Waals surface area contributed by atoms with Crippen LogP contribution in [0.4, 0.5) is 15.6 Å². The normalized spacial score (nSPS) is 10.2. The molecule has 0 unspecified atom stereocenters. The number of amides is 3. The highest BCUT2D eigenvalue weighted by Gasteiger charge is 2.17. The van der Waals surface area contributed by atoms with Gasteiger partial charge in [-0.25, -0.2) is 19.4 Å². The lowest BCUT2D eigenvalue weighted by molar-refractivity contribution is -0.139. The Morgan fingerprint density at radius 3 is 2.45 bits per heavy atom. The average molecular weight is 470 g/mol. The molecule has 5 N–H and O–H groups in total. The molecule has 11 nitrogen and oxygen atoms in total. The summed E-state index contributed by atoms with van der Waals surface area (Å²) in [7, 11) is 0. The number of hydrogen-bond acceptors (Lipinski definition) is 7. The van der Waals surface area contributed by atoms with Crippen molar-refractivity contribution in [3.8, 4) is 5.75 Å². The smallest absolute Gasteiger partial charge is 0.341 e. The van der Waals surface area contributed by atoms with Crippen LogP contribution in [0.25, 0.3) is 0 Å². The molecule has 0 fully saturated rings. The monoisotopic (exact) mass is 470 g/mol. The molecule has 170 valence electrons. The Kier molecular flexibility index (Phi) is 7.55. The second-order valence-electron chi connectivity index (χ2n) is 6.48. The number of anilines is 2. The molecule has 3 aromatic rings. The van der Waals surface area contributed by atoms with Crippen molar-refractivity contribution in [2.45, 2.75) is 6.54 Å². The number of urea groups is 1. The second-order valence-corrected chi connectivity index (χ2v) is 7.34. The van der Waals surface area contributed by atoms with E-state index in [2.05, 4.69) is 20.9 Å². The van der Waals surface area contributed by atoms with Gasteiger partial charge in [0.2, 0.25) is 0 Å². The Morgan fingerprint density at radius 1 is 1.00 bits per heavy atom. The number of carboxylic acid groups (broad SMARTS) is 2. The van der Waals surface area contributed by atoms with Gasteiger partial charge in [-0.2, -0.15) is 0 Å². The zero-order valence-corrected chi connectivity index (χ0v) is 17.7. The molecule has 3 rings (SSSR count). The van der Waals surface area contributed by atoms with E-state index < -0.39 is 30.5 Å². The predicted molar refractivity (Wildman–Crippen MR) is 119 cm³/mol. The van der Waals surface area contributed by atoms with Crippen LogP contribution in [0.5, 0.6) is 5.75 Å². The van der Waals surface area contributed by atoms with Crippen molar-refractivity contribution in [3.05, 3.63) is 70.7 Å². The van der Waals surface area contributed by atoms with E-state index in [1.54, 1.807) is 0 Å². The van der Waals surface area contributed by atoms with Crippen molar-refractivity contribution < 1.29 is 34.1 Å². The van der Waals surface area contributed by atoms with Gasteiger partial charge in [0.1, 0.15) is 17.0 Å². The third-order valence-corrected chi connectivity index (χ3v) is 4.83. The zero-order valence-electron chi connectivity index (χ0n) is 16.9. The first-order valence-electron chi connectivity index (χ1n) is 9.39. The maximum absolute atomic E-state index is 12.5. The van der Waals surface area contributed by atoms with Crippen molar-refractivity contribution >= 4 is 46.0 Å². The van der Waals surface area contributed by atoms with E-state index in [1.165, 1.54) is 17.5 Å². The number of nitrogens with one attached hydrogen (secondary N) is 3. The summed E-state index contributed by atoms with van der Waals surface area (Å²) in [5.74, 6) is -3.39. The fourth-order valence-electron chi connectivity index (χ4n) is 2.59.